The summed E-state index contributed by atoms with van der Waals surface area (Å²) in [5.41, 5.74) is 1.39. The lowest BCUT2D eigenvalue weighted by Gasteiger charge is -2.12. The Labute approximate surface area is 122 Å². The van der Waals surface area contributed by atoms with E-state index in [-0.39, 0.29) is 12.4 Å². The molecule has 0 amide bonds. The highest BCUT2D eigenvalue weighted by atomic mass is 32.1. The minimum atomic E-state index is -0.702. The number of nitrogens with zero attached hydrogens (tertiary/aromatic N) is 1. The van der Waals surface area contributed by atoms with E-state index in [1.807, 2.05) is 5.38 Å². The fourth-order valence-corrected chi connectivity index (χ4v) is 2.60. The first-order valence-electron chi connectivity index (χ1n) is 6.52. The van der Waals surface area contributed by atoms with Crippen LogP contribution in [0.25, 0.3) is 0 Å². The van der Waals surface area contributed by atoms with E-state index < -0.39 is 6.10 Å². The number of thiazole rings is 1. The zero-order chi connectivity index (χ0) is 14.7. The Morgan fingerprint density at radius 3 is 2.70 bits per heavy atom. The molecule has 0 aliphatic carbocycles. The molecule has 1 aromatic carbocycles. The average Bonchev–Trinajstić information content (AvgIpc) is 2.85. The molecule has 0 radical (unpaired) electrons. The van der Waals surface area contributed by atoms with Gasteiger partial charge >= 0.3 is 0 Å². The van der Waals surface area contributed by atoms with Gasteiger partial charge in [0.1, 0.15) is 18.2 Å². The van der Waals surface area contributed by atoms with Gasteiger partial charge in [0, 0.05) is 22.9 Å². The van der Waals surface area contributed by atoms with Gasteiger partial charge in [-0.25, -0.2) is 9.37 Å². The number of benzene rings is 1. The predicted octanol–water partition coefficient (Wildman–Crippen LogP) is 4.04. The van der Waals surface area contributed by atoms with Crippen LogP contribution in [0.15, 0.2) is 23.6 Å². The number of halogens is 1. The number of aliphatic hydroxyl groups is 1. The molecule has 108 valence electrons. The van der Waals surface area contributed by atoms with Gasteiger partial charge in [0.25, 0.3) is 0 Å². The number of hydrogen-bond acceptors (Lipinski definition) is 4. The third kappa shape index (κ3) is 3.55. The Bertz CT molecular complexity index is 581. The second kappa shape index (κ2) is 6.33. The highest BCUT2D eigenvalue weighted by Gasteiger charge is 2.12. The molecule has 5 heteroatoms. The maximum atomic E-state index is 13.3. The van der Waals surface area contributed by atoms with E-state index in [0.29, 0.717) is 17.2 Å². The van der Waals surface area contributed by atoms with E-state index in [1.54, 1.807) is 18.3 Å². The second-order valence-corrected chi connectivity index (χ2v) is 5.87. The lowest BCUT2D eigenvalue weighted by atomic mass is 10.1. The minimum Gasteiger partial charge on any atom is -0.487 e. The molecule has 0 fully saturated rings. The van der Waals surface area contributed by atoms with E-state index >= 15 is 0 Å². The van der Waals surface area contributed by atoms with Crippen LogP contribution in [0.2, 0.25) is 0 Å². The van der Waals surface area contributed by atoms with Crippen LogP contribution >= 0.6 is 11.3 Å². The van der Waals surface area contributed by atoms with Crippen molar-refractivity contribution >= 4 is 11.3 Å². The van der Waals surface area contributed by atoms with Gasteiger partial charge in [-0.2, -0.15) is 0 Å². The van der Waals surface area contributed by atoms with Crippen molar-refractivity contribution in [3.63, 3.8) is 0 Å². The maximum absolute atomic E-state index is 13.3. The molecule has 1 atom stereocenters. The van der Waals surface area contributed by atoms with E-state index in [1.165, 1.54) is 18.2 Å². The highest BCUT2D eigenvalue weighted by molar-refractivity contribution is 7.09. The van der Waals surface area contributed by atoms with Gasteiger partial charge in [-0.3, -0.25) is 0 Å². The van der Waals surface area contributed by atoms with E-state index in [0.717, 1.165) is 10.7 Å². The van der Waals surface area contributed by atoms with Crippen molar-refractivity contribution in [1.29, 1.82) is 0 Å². The molecule has 0 spiro atoms. The zero-order valence-electron chi connectivity index (χ0n) is 11.8. The van der Waals surface area contributed by atoms with Crippen molar-refractivity contribution in [3.8, 4) is 5.75 Å². The van der Waals surface area contributed by atoms with Crippen LogP contribution in [0.5, 0.6) is 5.75 Å². The molecule has 0 saturated heterocycles. The lowest BCUT2D eigenvalue weighted by Crippen LogP contribution is -2.02. The van der Waals surface area contributed by atoms with Crippen LogP contribution < -0.4 is 4.74 Å². The monoisotopic (exact) mass is 295 g/mol. The standard InChI is InChI=1S/C15H18FNO2S/c1-9(2)15-17-12(8-20-15)7-19-14-6-11(16)4-5-13(14)10(3)18/h4-6,8-10,18H,7H2,1-3H3. The van der Waals surface area contributed by atoms with Gasteiger partial charge in [-0.05, 0) is 19.1 Å². The molecule has 2 aromatic rings. The van der Waals surface area contributed by atoms with Crippen molar-refractivity contribution in [1.82, 2.24) is 4.98 Å². The van der Waals surface area contributed by atoms with E-state index in [9.17, 15) is 9.50 Å². The highest BCUT2D eigenvalue weighted by Crippen LogP contribution is 2.27. The molecule has 2 rings (SSSR count). The molecule has 0 bridgehead atoms. The fraction of sp³-hybridized carbons (Fsp3) is 0.400. The molecule has 20 heavy (non-hydrogen) atoms. The van der Waals surface area contributed by atoms with Crippen LogP contribution in [0.4, 0.5) is 4.39 Å². The summed E-state index contributed by atoms with van der Waals surface area (Å²) >= 11 is 1.59. The zero-order valence-corrected chi connectivity index (χ0v) is 12.6. The van der Waals surface area contributed by atoms with Crippen molar-refractivity contribution in [2.75, 3.05) is 0 Å². The van der Waals surface area contributed by atoms with Crippen molar-refractivity contribution < 1.29 is 14.2 Å². The summed E-state index contributed by atoms with van der Waals surface area (Å²) in [6.45, 7) is 6.06. The summed E-state index contributed by atoms with van der Waals surface area (Å²) in [5, 5.41) is 12.6. The molecular weight excluding hydrogens is 277 g/mol. The number of rotatable bonds is 5. The van der Waals surface area contributed by atoms with Gasteiger partial charge in [-0.15, -0.1) is 11.3 Å². The number of ether oxygens (including phenoxy) is 1. The average molecular weight is 295 g/mol. The predicted molar refractivity (Wildman–Crippen MR) is 77.6 cm³/mol. The molecule has 0 saturated carbocycles. The van der Waals surface area contributed by atoms with E-state index in [4.69, 9.17) is 4.74 Å². The summed E-state index contributed by atoms with van der Waals surface area (Å²) in [6.07, 6.45) is -0.702. The molecule has 1 aromatic heterocycles. The summed E-state index contributed by atoms with van der Waals surface area (Å²) in [7, 11) is 0. The summed E-state index contributed by atoms with van der Waals surface area (Å²) < 4.78 is 18.9. The third-order valence-electron chi connectivity index (χ3n) is 2.86. The van der Waals surface area contributed by atoms with Gasteiger partial charge in [-0.1, -0.05) is 13.8 Å². The molecule has 1 N–H and O–H groups in total. The number of aromatic nitrogens is 1. The quantitative estimate of drug-likeness (QED) is 0.905. The van der Waals surface area contributed by atoms with Gasteiger partial charge < -0.3 is 9.84 Å². The van der Waals surface area contributed by atoms with Crippen molar-refractivity contribution in [3.05, 3.63) is 45.7 Å². The SMILES string of the molecule is CC(C)c1nc(COc2cc(F)ccc2C(C)O)cs1. The normalized spacial score (nSPS) is 12.7. The Morgan fingerprint density at radius 2 is 2.10 bits per heavy atom. The van der Waals surface area contributed by atoms with Crippen LogP contribution in [-0.2, 0) is 6.61 Å². The number of aliphatic hydroxyl groups excluding tert-OH is 1. The fourth-order valence-electron chi connectivity index (χ4n) is 1.78. The van der Waals surface area contributed by atoms with Gasteiger partial charge in [0.2, 0.25) is 0 Å². The third-order valence-corrected chi connectivity index (χ3v) is 4.06. The molecule has 1 unspecified atom stereocenters. The van der Waals surface area contributed by atoms with Gasteiger partial charge in [0.15, 0.2) is 0 Å². The minimum absolute atomic E-state index is 0.270. The molecule has 3 nitrogen and oxygen atoms in total. The molecule has 0 aliphatic rings. The first kappa shape index (κ1) is 14.9. The molecule has 1 heterocycles. The lowest BCUT2D eigenvalue weighted by molar-refractivity contribution is 0.189. The Hall–Kier alpha value is -1.46. The smallest absolute Gasteiger partial charge is 0.131 e. The summed E-state index contributed by atoms with van der Waals surface area (Å²) in [6, 6.07) is 4.14. The number of hydrogen-bond donors (Lipinski definition) is 1. The Morgan fingerprint density at radius 1 is 1.35 bits per heavy atom. The van der Waals surface area contributed by atoms with E-state index in [2.05, 4.69) is 18.8 Å². The summed E-state index contributed by atoms with van der Waals surface area (Å²) in [5.74, 6) is 0.362. The van der Waals surface area contributed by atoms with Crippen LogP contribution in [0, 0.1) is 5.82 Å². The topological polar surface area (TPSA) is 42.4 Å². The Balaban J connectivity index is 2.11. The van der Waals surface area contributed by atoms with Crippen LogP contribution in [-0.4, -0.2) is 10.1 Å². The summed E-state index contributed by atoms with van der Waals surface area (Å²) in [4.78, 5) is 4.46. The Kier molecular flexibility index (Phi) is 4.73. The van der Waals surface area contributed by atoms with Gasteiger partial charge in [0.05, 0.1) is 16.8 Å². The maximum Gasteiger partial charge on any atom is 0.131 e. The van der Waals surface area contributed by atoms with Crippen molar-refractivity contribution in [2.45, 2.75) is 39.4 Å². The second-order valence-electron chi connectivity index (χ2n) is 4.98. The van der Waals surface area contributed by atoms with Crippen LogP contribution in [0.1, 0.15) is 49.1 Å². The largest absolute Gasteiger partial charge is 0.487 e. The van der Waals surface area contributed by atoms with Crippen LogP contribution in [0.3, 0.4) is 0 Å². The molecule has 0 aliphatic heterocycles. The first-order chi connectivity index (χ1) is 9.47. The first-order valence-corrected chi connectivity index (χ1v) is 7.40. The van der Waals surface area contributed by atoms with Crippen molar-refractivity contribution in [2.24, 2.45) is 0 Å². The molecular formula is C15H18FNO2S.